The van der Waals surface area contributed by atoms with E-state index >= 15 is 0 Å². The molecule has 1 atom stereocenters. The molecule has 0 saturated carbocycles. The lowest BCUT2D eigenvalue weighted by atomic mass is 10.2. The third-order valence-electron chi connectivity index (χ3n) is 1.56. The Hall–Kier alpha value is -0.350. The van der Waals surface area contributed by atoms with Crippen molar-refractivity contribution in [1.29, 1.82) is 4.78 Å². The molecule has 0 bridgehead atoms. The summed E-state index contributed by atoms with van der Waals surface area (Å²) in [7, 11) is -2.57. The molecule has 4 heteroatoms. The van der Waals surface area contributed by atoms with Gasteiger partial charge in [0.2, 0.25) is 0 Å². The normalized spacial score (nSPS) is 15.6. The Morgan fingerprint density at radius 2 is 2.08 bits per heavy atom. The Morgan fingerprint density at radius 1 is 1.50 bits per heavy atom. The van der Waals surface area contributed by atoms with Gasteiger partial charge in [-0.3, -0.25) is 0 Å². The second-order valence-corrected chi connectivity index (χ2v) is 5.80. The van der Waals surface area contributed by atoms with Gasteiger partial charge in [-0.2, -0.15) is 0 Å². The van der Waals surface area contributed by atoms with Crippen molar-refractivity contribution in [2.24, 2.45) is 0 Å². The molecule has 0 aromatic heterocycles. The number of hydrogen-bond acceptors (Lipinski definition) is 2. The molecule has 0 aliphatic heterocycles. The van der Waals surface area contributed by atoms with Crippen LogP contribution in [0.2, 0.25) is 0 Å². The van der Waals surface area contributed by atoms with Gasteiger partial charge in [-0.15, -0.1) is 0 Å². The van der Waals surface area contributed by atoms with E-state index in [1.807, 2.05) is 13.0 Å². The summed E-state index contributed by atoms with van der Waals surface area (Å²) in [5, 5.41) is 0. The van der Waals surface area contributed by atoms with Crippen LogP contribution in [-0.4, -0.2) is 10.5 Å². The fourth-order valence-corrected chi connectivity index (χ4v) is 2.53. The number of halogens is 1. The molecule has 0 heterocycles. The zero-order valence-corrected chi connectivity index (χ0v) is 9.33. The highest BCUT2D eigenvalue weighted by molar-refractivity contribution is 9.10. The summed E-state index contributed by atoms with van der Waals surface area (Å²) < 4.78 is 19.7. The lowest BCUT2D eigenvalue weighted by Gasteiger charge is -2.05. The first kappa shape index (κ1) is 9.74. The van der Waals surface area contributed by atoms with Crippen molar-refractivity contribution in [3.8, 4) is 0 Å². The molecule has 0 spiro atoms. The Kier molecular flexibility index (Phi) is 2.58. The maximum atomic E-state index is 11.4. The van der Waals surface area contributed by atoms with Gasteiger partial charge in [0.05, 0.1) is 9.73 Å². The predicted octanol–water partition coefficient (Wildman–Crippen LogP) is 2.79. The Balaban J connectivity index is 3.39. The molecular formula is C8H10BrNOS. The number of hydrogen-bond donors (Lipinski definition) is 1. The predicted molar refractivity (Wildman–Crippen MR) is 53.9 cm³/mol. The van der Waals surface area contributed by atoms with E-state index in [9.17, 15) is 4.21 Å². The number of aryl methyl sites for hydroxylation is 1. The van der Waals surface area contributed by atoms with Crippen molar-refractivity contribution >= 4 is 25.7 Å². The quantitative estimate of drug-likeness (QED) is 0.815. The number of benzene rings is 1. The Morgan fingerprint density at radius 3 is 2.50 bits per heavy atom. The molecule has 0 saturated heterocycles. The fraction of sp³-hybridized carbons (Fsp3) is 0.250. The third-order valence-corrected chi connectivity index (χ3v) is 3.35. The minimum absolute atomic E-state index is 0.616. The first-order chi connectivity index (χ1) is 5.41. The molecule has 0 amide bonds. The van der Waals surface area contributed by atoms with Crippen LogP contribution in [-0.2, 0) is 9.73 Å². The second-order valence-electron chi connectivity index (χ2n) is 2.75. The van der Waals surface area contributed by atoms with Gasteiger partial charge in [-0.1, -0.05) is 15.9 Å². The minimum Gasteiger partial charge on any atom is -0.249 e. The van der Waals surface area contributed by atoms with Crippen LogP contribution in [0.15, 0.2) is 27.6 Å². The molecule has 12 heavy (non-hydrogen) atoms. The van der Waals surface area contributed by atoms with Crippen molar-refractivity contribution < 1.29 is 4.21 Å². The van der Waals surface area contributed by atoms with Crippen LogP contribution in [0, 0.1) is 11.7 Å². The molecule has 0 fully saturated rings. The van der Waals surface area contributed by atoms with Gasteiger partial charge >= 0.3 is 0 Å². The molecule has 1 unspecified atom stereocenters. The Bertz CT molecular complexity index is 398. The van der Waals surface area contributed by atoms with Crippen molar-refractivity contribution in [2.75, 3.05) is 6.26 Å². The van der Waals surface area contributed by atoms with E-state index in [0.29, 0.717) is 4.90 Å². The van der Waals surface area contributed by atoms with E-state index in [1.165, 1.54) is 6.26 Å². The van der Waals surface area contributed by atoms with Crippen LogP contribution in [0.5, 0.6) is 0 Å². The van der Waals surface area contributed by atoms with Crippen LogP contribution in [0.25, 0.3) is 0 Å². The van der Waals surface area contributed by atoms with Crippen LogP contribution in [0.4, 0.5) is 0 Å². The molecule has 1 aromatic rings. The average molecular weight is 248 g/mol. The molecule has 1 rings (SSSR count). The van der Waals surface area contributed by atoms with Gasteiger partial charge < -0.3 is 0 Å². The van der Waals surface area contributed by atoms with Crippen LogP contribution in [0.1, 0.15) is 5.56 Å². The lowest BCUT2D eigenvalue weighted by Crippen LogP contribution is -1.97. The highest BCUT2D eigenvalue weighted by Gasteiger charge is 2.06. The SMILES string of the molecule is Cc1cc(Br)ccc1S(C)(=N)=O. The highest BCUT2D eigenvalue weighted by atomic mass is 79.9. The van der Waals surface area contributed by atoms with Crippen molar-refractivity contribution in [3.63, 3.8) is 0 Å². The monoisotopic (exact) mass is 247 g/mol. The Labute approximate surface area is 81.1 Å². The summed E-state index contributed by atoms with van der Waals surface area (Å²) in [5.41, 5.74) is 0.895. The molecular weight excluding hydrogens is 238 g/mol. The summed E-state index contributed by atoms with van der Waals surface area (Å²) in [6.45, 7) is 1.86. The van der Waals surface area contributed by atoms with E-state index < -0.39 is 9.73 Å². The van der Waals surface area contributed by atoms with Crippen molar-refractivity contribution in [1.82, 2.24) is 0 Å². The fourth-order valence-electron chi connectivity index (χ4n) is 1.05. The number of nitrogens with one attached hydrogen (secondary N) is 1. The van der Waals surface area contributed by atoms with E-state index in [1.54, 1.807) is 12.1 Å². The standard InChI is InChI=1S/C8H10BrNOS/c1-6-5-7(9)3-4-8(6)12(2,10)11/h3-5,10H,1-2H3. The van der Waals surface area contributed by atoms with Crippen LogP contribution >= 0.6 is 15.9 Å². The largest absolute Gasteiger partial charge is 0.249 e. The maximum Gasteiger partial charge on any atom is 0.0699 e. The molecule has 0 aliphatic carbocycles. The van der Waals surface area contributed by atoms with Gasteiger partial charge in [0.25, 0.3) is 0 Å². The zero-order valence-electron chi connectivity index (χ0n) is 6.93. The van der Waals surface area contributed by atoms with E-state index in [4.69, 9.17) is 4.78 Å². The molecule has 66 valence electrons. The van der Waals surface area contributed by atoms with Gasteiger partial charge in [0, 0.05) is 15.6 Å². The van der Waals surface area contributed by atoms with Gasteiger partial charge in [0.15, 0.2) is 0 Å². The summed E-state index contributed by atoms with van der Waals surface area (Å²) >= 11 is 3.31. The average Bonchev–Trinajstić information content (AvgIpc) is 1.83. The van der Waals surface area contributed by atoms with Crippen molar-refractivity contribution in [3.05, 3.63) is 28.2 Å². The van der Waals surface area contributed by atoms with Gasteiger partial charge in [0.1, 0.15) is 0 Å². The summed E-state index contributed by atoms with van der Waals surface area (Å²) in [6, 6.07) is 5.40. The topological polar surface area (TPSA) is 40.9 Å². The van der Waals surface area contributed by atoms with Gasteiger partial charge in [-0.25, -0.2) is 8.99 Å². The second kappa shape index (κ2) is 3.18. The number of rotatable bonds is 1. The van der Waals surface area contributed by atoms with Gasteiger partial charge in [-0.05, 0) is 30.7 Å². The minimum atomic E-state index is -2.57. The van der Waals surface area contributed by atoms with Crippen LogP contribution in [0.3, 0.4) is 0 Å². The zero-order chi connectivity index (χ0) is 9.35. The van der Waals surface area contributed by atoms with E-state index in [2.05, 4.69) is 15.9 Å². The van der Waals surface area contributed by atoms with E-state index in [0.717, 1.165) is 10.0 Å². The first-order valence-electron chi connectivity index (χ1n) is 3.41. The van der Waals surface area contributed by atoms with Crippen LogP contribution < -0.4 is 0 Å². The summed E-state index contributed by atoms with van der Waals surface area (Å²) in [5.74, 6) is 0. The molecule has 1 aromatic carbocycles. The smallest absolute Gasteiger partial charge is 0.0699 e. The molecule has 2 nitrogen and oxygen atoms in total. The maximum absolute atomic E-state index is 11.4. The summed E-state index contributed by atoms with van der Waals surface area (Å²) in [4.78, 5) is 0.616. The van der Waals surface area contributed by atoms with Crippen molar-refractivity contribution in [2.45, 2.75) is 11.8 Å². The third kappa shape index (κ3) is 2.08. The molecule has 0 aliphatic rings. The first-order valence-corrected chi connectivity index (χ1v) is 6.17. The lowest BCUT2D eigenvalue weighted by molar-refractivity contribution is 0.678. The van der Waals surface area contributed by atoms with E-state index in [-0.39, 0.29) is 0 Å². The molecule has 1 N–H and O–H groups in total. The summed E-state index contributed by atoms with van der Waals surface area (Å²) in [6.07, 6.45) is 1.43. The molecule has 0 radical (unpaired) electrons. The highest BCUT2D eigenvalue weighted by Crippen LogP contribution is 2.19.